The third kappa shape index (κ3) is 2.24. The fourth-order valence-electron chi connectivity index (χ4n) is 6.08. The number of aromatic nitrogens is 5. The van der Waals surface area contributed by atoms with Crippen LogP contribution in [-0.4, -0.2) is 24.9 Å². The number of fused-ring (bicyclic) bond motifs is 4. The van der Waals surface area contributed by atoms with E-state index in [1.165, 1.54) is 22.4 Å². The molecule has 3 aromatic heterocycles. The maximum Gasteiger partial charge on any atom is 0.143 e. The van der Waals surface area contributed by atoms with Gasteiger partial charge in [0.1, 0.15) is 12.1 Å². The Hall–Kier alpha value is -3.28. The van der Waals surface area contributed by atoms with Crippen LogP contribution in [0.1, 0.15) is 47.4 Å². The van der Waals surface area contributed by atoms with E-state index in [1.54, 1.807) is 6.33 Å². The standard InChI is InChI=1S/C24H23N5O/c1-15-20-9-8-19-21(17-11-25-14-26-12-17)28-29(2)23(19)24(20,18-6-4-3-5-7-18)10-16-13-27-30-22(15)16/h3-7,11-15,20H,8-10H2,1-2H3/t15-,20-,24+/m0/s1. The zero-order valence-corrected chi connectivity index (χ0v) is 17.1. The average Bonchev–Trinajstić information content (AvgIpc) is 3.40. The number of aryl methyl sites for hydroxylation is 1. The van der Waals surface area contributed by atoms with Crippen molar-refractivity contribution in [1.82, 2.24) is 24.9 Å². The van der Waals surface area contributed by atoms with E-state index >= 15 is 0 Å². The fourth-order valence-corrected chi connectivity index (χ4v) is 6.08. The predicted octanol–water partition coefficient (Wildman–Crippen LogP) is 4.07. The van der Waals surface area contributed by atoms with E-state index in [-0.39, 0.29) is 5.41 Å². The molecule has 0 unspecified atom stereocenters. The van der Waals surface area contributed by atoms with Crippen molar-refractivity contribution in [2.45, 2.75) is 37.5 Å². The number of hydrogen-bond donors (Lipinski definition) is 0. The number of nitrogens with zero attached hydrogens (tertiary/aromatic N) is 5. The normalized spacial score (nSPS) is 24.7. The van der Waals surface area contributed by atoms with E-state index in [4.69, 9.17) is 9.62 Å². The summed E-state index contributed by atoms with van der Waals surface area (Å²) in [5.41, 5.74) is 7.00. The quantitative estimate of drug-likeness (QED) is 0.510. The molecule has 4 aromatic rings. The lowest BCUT2D eigenvalue weighted by molar-refractivity contribution is 0.185. The summed E-state index contributed by atoms with van der Waals surface area (Å²) in [4.78, 5) is 8.46. The minimum absolute atomic E-state index is 0.164. The Morgan fingerprint density at radius 1 is 1.10 bits per heavy atom. The van der Waals surface area contributed by atoms with Crippen molar-refractivity contribution in [2.75, 3.05) is 0 Å². The minimum Gasteiger partial charge on any atom is -0.361 e. The summed E-state index contributed by atoms with van der Waals surface area (Å²) in [7, 11) is 2.08. The van der Waals surface area contributed by atoms with Gasteiger partial charge in [-0.15, -0.1) is 0 Å². The first-order chi connectivity index (χ1) is 14.7. The molecular formula is C24H23N5O. The van der Waals surface area contributed by atoms with Crippen LogP contribution in [0.4, 0.5) is 0 Å². The van der Waals surface area contributed by atoms with Crippen molar-refractivity contribution >= 4 is 0 Å². The molecule has 0 fully saturated rings. The van der Waals surface area contributed by atoms with Gasteiger partial charge in [-0.05, 0) is 30.7 Å². The van der Waals surface area contributed by atoms with Gasteiger partial charge < -0.3 is 4.52 Å². The summed E-state index contributed by atoms with van der Waals surface area (Å²) in [6.45, 7) is 2.29. The van der Waals surface area contributed by atoms with Crippen LogP contribution >= 0.6 is 0 Å². The molecule has 0 N–H and O–H groups in total. The molecule has 0 aliphatic heterocycles. The van der Waals surface area contributed by atoms with Crippen LogP contribution in [0.15, 0.2) is 59.8 Å². The summed E-state index contributed by atoms with van der Waals surface area (Å²) < 4.78 is 7.80. The van der Waals surface area contributed by atoms with Gasteiger partial charge in [-0.3, -0.25) is 4.68 Å². The van der Waals surface area contributed by atoms with Crippen LogP contribution in [0.3, 0.4) is 0 Å². The van der Waals surface area contributed by atoms with Crippen LogP contribution in [0.25, 0.3) is 11.3 Å². The van der Waals surface area contributed by atoms with Crippen LogP contribution in [0.5, 0.6) is 0 Å². The second-order valence-electron chi connectivity index (χ2n) is 8.59. The van der Waals surface area contributed by atoms with Crippen molar-refractivity contribution in [3.05, 3.63) is 83.4 Å². The fraction of sp³-hybridized carbons (Fsp3) is 0.333. The first kappa shape index (κ1) is 17.6. The molecule has 0 amide bonds. The highest BCUT2D eigenvalue weighted by Crippen LogP contribution is 2.57. The maximum absolute atomic E-state index is 5.70. The third-order valence-corrected chi connectivity index (χ3v) is 7.19. The molecule has 0 saturated heterocycles. The summed E-state index contributed by atoms with van der Waals surface area (Å²) in [5, 5.41) is 9.14. The first-order valence-electron chi connectivity index (χ1n) is 10.5. The number of benzene rings is 1. The monoisotopic (exact) mass is 397 g/mol. The van der Waals surface area contributed by atoms with Gasteiger partial charge >= 0.3 is 0 Å². The van der Waals surface area contributed by atoms with Crippen molar-refractivity contribution in [3.63, 3.8) is 0 Å². The molecule has 6 nitrogen and oxygen atoms in total. The zero-order chi connectivity index (χ0) is 20.3. The van der Waals surface area contributed by atoms with Gasteiger partial charge in [0.25, 0.3) is 0 Å². The summed E-state index contributed by atoms with van der Waals surface area (Å²) in [6, 6.07) is 10.9. The van der Waals surface area contributed by atoms with Crippen molar-refractivity contribution in [3.8, 4) is 11.3 Å². The molecule has 3 heterocycles. The Balaban J connectivity index is 1.65. The summed E-state index contributed by atoms with van der Waals surface area (Å²) in [5.74, 6) is 1.76. The Morgan fingerprint density at radius 3 is 2.70 bits per heavy atom. The molecule has 0 radical (unpaired) electrons. The molecule has 2 aliphatic carbocycles. The van der Waals surface area contributed by atoms with Crippen LogP contribution < -0.4 is 0 Å². The molecule has 6 rings (SSSR count). The Kier molecular flexibility index (Phi) is 3.72. The molecule has 3 atom stereocenters. The third-order valence-electron chi connectivity index (χ3n) is 7.19. The van der Waals surface area contributed by atoms with Gasteiger partial charge in [-0.2, -0.15) is 5.10 Å². The van der Waals surface area contributed by atoms with Gasteiger partial charge in [-0.25, -0.2) is 9.97 Å². The second-order valence-corrected chi connectivity index (χ2v) is 8.59. The molecule has 1 aromatic carbocycles. The van der Waals surface area contributed by atoms with Crippen molar-refractivity contribution < 1.29 is 4.52 Å². The largest absolute Gasteiger partial charge is 0.361 e. The van der Waals surface area contributed by atoms with Gasteiger partial charge in [0.15, 0.2) is 0 Å². The lowest BCUT2D eigenvalue weighted by Gasteiger charge is -2.49. The Bertz CT molecular complexity index is 1210. The number of rotatable bonds is 2. The molecule has 0 spiro atoms. The highest BCUT2D eigenvalue weighted by Gasteiger charge is 2.54. The summed E-state index contributed by atoms with van der Waals surface area (Å²) >= 11 is 0. The highest BCUT2D eigenvalue weighted by molar-refractivity contribution is 5.65. The molecule has 2 aliphatic rings. The Morgan fingerprint density at radius 2 is 1.90 bits per heavy atom. The van der Waals surface area contributed by atoms with Crippen LogP contribution in [0, 0.1) is 5.92 Å². The van der Waals surface area contributed by atoms with E-state index in [0.717, 1.165) is 36.3 Å². The van der Waals surface area contributed by atoms with E-state index in [9.17, 15) is 0 Å². The lowest BCUT2D eigenvalue weighted by atomic mass is 9.53. The molecule has 6 heteroatoms. The van der Waals surface area contributed by atoms with Gasteiger partial charge in [0, 0.05) is 47.5 Å². The molecule has 0 saturated carbocycles. The van der Waals surface area contributed by atoms with E-state index < -0.39 is 0 Å². The zero-order valence-electron chi connectivity index (χ0n) is 17.1. The van der Waals surface area contributed by atoms with E-state index in [1.807, 2.05) is 18.6 Å². The van der Waals surface area contributed by atoms with Crippen molar-refractivity contribution in [1.29, 1.82) is 0 Å². The molecular weight excluding hydrogens is 374 g/mol. The Labute approximate surface area is 175 Å². The van der Waals surface area contributed by atoms with E-state index in [2.05, 4.69) is 64.1 Å². The van der Waals surface area contributed by atoms with E-state index in [0.29, 0.717) is 11.8 Å². The minimum atomic E-state index is -0.164. The van der Waals surface area contributed by atoms with Gasteiger partial charge in [0.2, 0.25) is 0 Å². The number of hydrogen-bond acceptors (Lipinski definition) is 5. The predicted molar refractivity (Wildman–Crippen MR) is 112 cm³/mol. The molecule has 30 heavy (non-hydrogen) atoms. The van der Waals surface area contributed by atoms with Crippen LogP contribution in [0.2, 0.25) is 0 Å². The smallest absolute Gasteiger partial charge is 0.143 e. The highest BCUT2D eigenvalue weighted by atomic mass is 16.5. The SMILES string of the molecule is C[C@@H]1c2oncc2C[C@]2(c3ccccc3)c3c(c(-c4cncnc4)nn3C)CC[C@@H]12. The summed E-state index contributed by atoms with van der Waals surface area (Å²) in [6.07, 6.45) is 10.1. The van der Waals surface area contributed by atoms with Gasteiger partial charge in [0.05, 0.1) is 17.6 Å². The van der Waals surface area contributed by atoms with Gasteiger partial charge in [-0.1, -0.05) is 42.4 Å². The maximum atomic E-state index is 5.70. The van der Waals surface area contributed by atoms with Crippen molar-refractivity contribution in [2.24, 2.45) is 13.0 Å². The lowest BCUT2D eigenvalue weighted by Crippen LogP contribution is -2.48. The van der Waals surface area contributed by atoms with Crippen LogP contribution in [-0.2, 0) is 25.3 Å². The topological polar surface area (TPSA) is 69.6 Å². The molecule has 0 bridgehead atoms. The first-order valence-corrected chi connectivity index (χ1v) is 10.5. The second kappa shape index (κ2) is 6.36. The molecule has 150 valence electrons. The average molecular weight is 397 g/mol.